The summed E-state index contributed by atoms with van der Waals surface area (Å²) < 4.78 is 26.7. The van der Waals surface area contributed by atoms with Gasteiger partial charge in [-0.25, -0.2) is 8.42 Å². The minimum absolute atomic E-state index is 0.0287. The summed E-state index contributed by atoms with van der Waals surface area (Å²) in [5, 5.41) is 11.0. The van der Waals surface area contributed by atoms with E-state index >= 15 is 0 Å². The van der Waals surface area contributed by atoms with E-state index in [1.165, 1.54) is 28.6 Å². The van der Waals surface area contributed by atoms with Crippen molar-refractivity contribution in [2.75, 3.05) is 13.1 Å². The predicted octanol–water partition coefficient (Wildman–Crippen LogP) is 0.953. The number of nitro benzene ring substituents is 1. The number of hydrogen-bond acceptors (Lipinski definition) is 5. The number of benzene rings is 1. The fraction of sp³-hybridized carbons (Fsp3) is 0.538. The maximum absolute atomic E-state index is 12.7. The maximum Gasteiger partial charge on any atom is 0.289 e. The molecule has 2 aliphatic rings. The Morgan fingerprint density at radius 3 is 2.62 bits per heavy atom. The van der Waals surface area contributed by atoms with E-state index in [0.29, 0.717) is 13.1 Å². The van der Waals surface area contributed by atoms with Crippen LogP contribution in [0.15, 0.2) is 29.2 Å². The van der Waals surface area contributed by atoms with Crippen LogP contribution in [0.4, 0.5) is 5.69 Å². The number of hydrogen-bond donors (Lipinski definition) is 1. The molecule has 0 spiro atoms. The van der Waals surface area contributed by atoms with Gasteiger partial charge >= 0.3 is 0 Å². The lowest BCUT2D eigenvalue weighted by Gasteiger charge is -2.18. The maximum atomic E-state index is 12.7. The van der Waals surface area contributed by atoms with Crippen molar-refractivity contribution in [3.63, 3.8) is 0 Å². The van der Waals surface area contributed by atoms with Crippen LogP contribution in [0.25, 0.3) is 0 Å². The first-order valence-corrected chi connectivity index (χ1v) is 8.34. The smallest absolute Gasteiger partial charge is 0.289 e. The Morgan fingerprint density at radius 2 is 1.95 bits per heavy atom. The Bertz CT molecular complexity index is 676. The highest BCUT2D eigenvalue weighted by atomic mass is 32.2. The molecule has 7 nitrogen and oxygen atoms in total. The summed E-state index contributed by atoms with van der Waals surface area (Å²) in [6, 6.07) is 5.51. The molecular weight excluding hydrogens is 294 g/mol. The van der Waals surface area contributed by atoms with E-state index in [-0.39, 0.29) is 28.5 Å². The summed E-state index contributed by atoms with van der Waals surface area (Å²) in [5.74, 6) is 0.445. The summed E-state index contributed by atoms with van der Waals surface area (Å²) >= 11 is 0. The third-order valence-electron chi connectivity index (χ3n) is 4.56. The van der Waals surface area contributed by atoms with Gasteiger partial charge in [0.2, 0.25) is 10.0 Å². The van der Waals surface area contributed by atoms with Crippen molar-refractivity contribution in [2.24, 2.45) is 17.6 Å². The van der Waals surface area contributed by atoms with Crippen LogP contribution in [0.5, 0.6) is 0 Å². The van der Waals surface area contributed by atoms with Crippen molar-refractivity contribution < 1.29 is 13.3 Å². The molecule has 2 fully saturated rings. The molecule has 114 valence electrons. The molecule has 3 atom stereocenters. The number of nitro groups is 1. The second kappa shape index (κ2) is 5.04. The van der Waals surface area contributed by atoms with E-state index in [0.717, 1.165) is 12.8 Å². The topological polar surface area (TPSA) is 107 Å². The van der Waals surface area contributed by atoms with E-state index in [2.05, 4.69) is 0 Å². The molecule has 1 saturated heterocycles. The lowest BCUT2D eigenvalue weighted by molar-refractivity contribution is -0.387. The minimum Gasteiger partial charge on any atom is -0.327 e. The van der Waals surface area contributed by atoms with Gasteiger partial charge in [-0.2, -0.15) is 4.31 Å². The number of rotatable bonds is 3. The molecule has 8 heteroatoms. The molecule has 0 radical (unpaired) electrons. The zero-order valence-electron chi connectivity index (χ0n) is 11.4. The van der Waals surface area contributed by atoms with Crippen LogP contribution in [-0.4, -0.2) is 36.8 Å². The van der Waals surface area contributed by atoms with E-state index in [1.54, 1.807) is 0 Å². The zero-order chi connectivity index (χ0) is 15.2. The first kappa shape index (κ1) is 14.4. The van der Waals surface area contributed by atoms with Crippen LogP contribution >= 0.6 is 0 Å². The quantitative estimate of drug-likeness (QED) is 0.660. The van der Waals surface area contributed by atoms with Gasteiger partial charge < -0.3 is 5.73 Å². The molecular formula is C13H17N3O4S. The van der Waals surface area contributed by atoms with Crippen molar-refractivity contribution in [1.29, 1.82) is 0 Å². The van der Waals surface area contributed by atoms with Gasteiger partial charge in [0.1, 0.15) is 0 Å². The summed E-state index contributed by atoms with van der Waals surface area (Å²) in [6.45, 7) is 0.771. The van der Waals surface area contributed by atoms with Gasteiger partial charge in [-0.05, 0) is 30.7 Å². The summed E-state index contributed by atoms with van der Waals surface area (Å²) in [4.78, 5) is 10.1. The molecule has 1 aromatic rings. The third-order valence-corrected chi connectivity index (χ3v) is 6.44. The number of fused-ring (bicyclic) bond motifs is 1. The van der Waals surface area contributed by atoms with Crippen LogP contribution < -0.4 is 5.73 Å². The monoisotopic (exact) mass is 311 g/mol. The molecule has 1 aliphatic heterocycles. The van der Waals surface area contributed by atoms with Gasteiger partial charge in [-0.15, -0.1) is 0 Å². The van der Waals surface area contributed by atoms with Crippen LogP contribution in [-0.2, 0) is 10.0 Å². The molecule has 0 bridgehead atoms. The molecule has 0 aromatic heterocycles. The standard InChI is InChI=1S/C13H17N3O4S/c14-11-6-5-9-7-15(8-10(9)11)21(19,20)13-4-2-1-3-12(13)16(17)18/h1-4,9-11H,5-8,14H2. The largest absolute Gasteiger partial charge is 0.327 e. The van der Waals surface area contributed by atoms with Crippen molar-refractivity contribution in [3.05, 3.63) is 34.4 Å². The lowest BCUT2D eigenvalue weighted by Crippen LogP contribution is -2.33. The van der Waals surface area contributed by atoms with Crippen LogP contribution in [0.1, 0.15) is 12.8 Å². The summed E-state index contributed by atoms with van der Waals surface area (Å²) in [7, 11) is -3.84. The molecule has 1 aliphatic carbocycles. The molecule has 2 N–H and O–H groups in total. The second-order valence-corrected chi connectivity index (χ2v) is 7.62. The van der Waals surface area contributed by atoms with Gasteiger partial charge in [-0.3, -0.25) is 10.1 Å². The van der Waals surface area contributed by atoms with Crippen LogP contribution in [0.2, 0.25) is 0 Å². The number of para-hydroxylation sites is 1. The molecule has 21 heavy (non-hydrogen) atoms. The summed E-state index contributed by atoms with van der Waals surface area (Å²) in [5.41, 5.74) is 5.64. The fourth-order valence-corrected chi connectivity index (χ4v) is 5.12. The average Bonchev–Trinajstić information content (AvgIpc) is 3.02. The van der Waals surface area contributed by atoms with Gasteiger partial charge in [0.25, 0.3) is 5.69 Å². The van der Waals surface area contributed by atoms with Crippen molar-refractivity contribution in [1.82, 2.24) is 4.31 Å². The van der Waals surface area contributed by atoms with E-state index in [4.69, 9.17) is 5.73 Å². The number of nitrogens with zero attached hydrogens (tertiary/aromatic N) is 2. The molecule has 1 heterocycles. The number of nitrogens with two attached hydrogens (primary N) is 1. The van der Waals surface area contributed by atoms with Crippen molar-refractivity contribution in [2.45, 2.75) is 23.8 Å². The second-order valence-electron chi connectivity index (χ2n) is 5.71. The highest BCUT2D eigenvalue weighted by Crippen LogP contribution is 2.40. The van der Waals surface area contributed by atoms with E-state index in [9.17, 15) is 18.5 Å². The zero-order valence-corrected chi connectivity index (χ0v) is 12.2. The first-order chi connectivity index (χ1) is 9.91. The Morgan fingerprint density at radius 1 is 1.24 bits per heavy atom. The van der Waals surface area contributed by atoms with E-state index in [1.807, 2.05) is 0 Å². The van der Waals surface area contributed by atoms with Gasteiger partial charge in [0.05, 0.1) is 4.92 Å². The van der Waals surface area contributed by atoms with Crippen molar-refractivity contribution >= 4 is 15.7 Å². The molecule has 3 rings (SSSR count). The lowest BCUT2D eigenvalue weighted by atomic mass is 9.98. The van der Waals surface area contributed by atoms with E-state index < -0.39 is 14.9 Å². The normalized spacial score (nSPS) is 29.5. The highest BCUT2D eigenvalue weighted by molar-refractivity contribution is 7.89. The molecule has 1 aromatic carbocycles. The molecule has 3 unspecified atom stereocenters. The Labute approximate surface area is 122 Å². The summed E-state index contributed by atoms with van der Waals surface area (Å²) in [6.07, 6.45) is 1.85. The van der Waals surface area contributed by atoms with Gasteiger partial charge in [-0.1, -0.05) is 12.1 Å². The SMILES string of the molecule is NC1CCC2CN(S(=O)(=O)c3ccccc3[N+](=O)[O-])CC12. The Balaban J connectivity index is 1.94. The Hall–Kier alpha value is -1.51. The average molecular weight is 311 g/mol. The highest BCUT2D eigenvalue weighted by Gasteiger charge is 2.46. The van der Waals surface area contributed by atoms with Gasteiger partial charge in [0, 0.05) is 25.2 Å². The number of sulfonamides is 1. The van der Waals surface area contributed by atoms with Crippen molar-refractivity contribution in [3.8, 4) is 0 Å². The Kier molecular flexibility index (Phi) is 3.46. The fourth-order valence-electron chi connectivity index (χ4n) is 3.43. The van der Waals surface area contributed by atoms with Gasteiger partial charge in [0.15, 0.2) is 4.90 Å². The third kappa shape index (κ3) is 2.33. The molecule has 0 amide bonds. The molecule has 1 saturated carbocycles. The minimum atomic E-state index is -3.84. The van der Waals surface area contributed by atoms with Crippen LogP contribution in [0, 0.1) is 22.0 Å². The van der Waals surface area contributed by atoms with Crippen LogP contribution in [0.3, 0.4) is 0 Å². The first-order valence-electron chi connectivity index (χ1n) is 6.90. The predicted molar refractivity (Wildman–Crippen MR) is 76.0 cm³/mol.